The number of thioether (sulfide) groups is 1. The fourth-order valence-electron chi connectivity index (χ4n) is 2.83. The van der Waals surface area contributed by atoms with Crippen molar-refractivity contribution in [1.82, 2.24) is 10.2 Å². The third-order valence-corrected chi connectivity index (χ3v) is 5.28. The van der Waals surface area contributed by atoms with Crippen molar-refractivity contribution in [3.8, 4) is 0 Å². The molecule has 0 bridgehead atoms. The van der Waals surface area contributed by atoms with Crippen LogP contribution in [0.2, 0.25) is 0 Å². The summed E-state index contributed by atoms with van der Waals surface area (Å²) in [7, 11) is 0. The van der Waals surface area contributed by atoms with Gasteiger partial charge < -0.3 is 20.3 Å². The molecule has 2 saturated heterocycles. The minimum Gasteiger partial charge on any atom is -0.378 e. The number of amides is 2. The number of benzene rings is 1. The number of nitrogens with zero attached hydrogens (tertiary/aromatic N) is 1. The van der Waals surface area contributed by atoms with E-state index < -0.39 is 0 Å². The molecule has 1 unspecified atom stereocenters. The number of nitrogens with one attached hydrogen (secondary N) is 2. The molecule has 24 heavy (non-hydrogen) atoms. The highest BCUT2D eigenvalue weighted by Gasteiger charge is 2.19. The Balaban J connectivity index is 1.52. The van der Waals surface area contributed by atoms with Crippen molar-refractivity contribution < 1.29 is 14.3 Å². The van der Waals surface area contributed by atoms with E-state index in [1.807, 2.05) is 11.8 Å². The molecular weight excluding hydrogens is 326 g/mol. The second-order valence-electron chi connectivity index (χ2n) is 5.96. The quantitative estimate of drug-likeness (QED) is 0.855. The Morgan fingerprint density at radius 2 is 2.00 bits per heavy atom. The van der Waals surface area contributed by atoms with Crippen LogP contribution in [0.4, 0.5) is 5.69 Å². The second kappa shape index (κ2) is 8.50. The van der Waals surface area contributed by atoms with Crippen LogP contribution in [0.25, 0.3) is 0 Å². The molecule has 1 atom stereocenters. The molecule has 2 N–H and O–H groups in total. The Bertz CT molecular complexity index is 567. The van der Waals surface area contributed by atoms with E-state index in [9.17, 15) is 9.59 Å². The van der Waals surface area contributed by atoms with E-state index >= 15 is 0 Å². The first-order chi connectivity index (χ1) is 11.7. The SMILES string of the molecule is O=C(CC1CSCCN1)Nc1ccc(C(=O)N2CCOCC2)cc1. The van der Waals surface area contributed by atoms with Crippen molar-refractivity contribution in [3.05, 3.63) is 29.8 Å². The van der Waals surface area contributed by atoms with E-state index in [0.29, 0.717) is 38.3 Å². The lowest BCUT2D eigenvalue weighted by Gasteiger charge is -2.26. The first-order valence-electron chi connectivity index (χ1n) is 8.30. The van der Waals surface area contributed by atoms with E-state index in [4.69, 9.17) is 4.74 Å². The summed E-state index contributed by atoms with van der Waals surface area (Å²) >= 11 is 1.88. The number of ether oxygens (including phenoxy) is 1. The fourth-order valence-corrected chi connectivity index (χ4v) is 3.78. The van der Waals surface area contributed by atoms with Gasteiger partial charge in [0.25, 0.3) is 5.91 Å². The van der Waals surface area contributed by atoms with Gasteiger partial charge in [0, 0.05) is 54.9 Å². The summed E-state index contributed by atoms with van der Waals surface area (Å²) in [6.07, 6.45) is 0.474. The van der Waals surface area contributed by atoms with Crippen molar-refractivity contribution in [2.75, 3.05) is 49.7 Å². The highest BCUT2D eigenvalue weighted by Crippen LogP contribution is 2.15. The van der Waals surface area contributed by atoms with Gasteiger partial charge in [-0.05, 0) is 24.3 Å². The standard InChI is InChI=1S/C17H23N3O3S/c21-16(11-15-12-24-10-5-18-15)19-14-3-1-13(2-4-14)17(22)20-6-8-23-9-7-20/h1-4,15,18H,5-12H2,(H,19,21). The molecule has 0 saturated carbocycles. The molecular formula is C17H23N3O3S. The maximum absolute atomic E-state index is 12.4. The van der Waals surface area contributed by atoms with Crippen LogP contribution in [0.5, 0.6) is 0 Å². The predicted octanol–water partition coefficient (Wildman–Crippen LogP) is 1.19. The Kier molecular flexibility index (Phi) is 6.12. The first kappa shape index (κ1) is 17.3. The topological polar surface area (TPSA) is 70.7 Å². The number of anilines is 1. The normalized spacial score (nSPS) is 21.3. The fraction of sp³-hybridized carbons (Fsp3) is 0.529. The zero-order valence-electron chi connectivity index (χ0n) is 13.6. The highest BCUT2D eigenvalue weighted by molar-refractivity contribution is 7.99. The predicted molar refractivity (Wildman–Crippen MR) is 95.5 cm³/mol. The summed E-state index contributed by atoms with van der Waals surface area (Å²) in [6.45, 7) is 3.40. The maximum atomic E-state index is 12.4. The maximum Gasteiger partial charge on any atom is 0.254 e. The number of rotatable bonds is 4. The second-order valence-corrected chi connectivity index (χ2v) is 7.11. The summed E-state index contributed by atoms with van der Waals surface area (Å²) in [5.41, 5.74) is 1.36. The van der Waals surface area contributed by atoms with E-state index in [1.54, 1.807) is 29.2 Å². The van der Waals surface area contributed by atoms with E-state index in [2.05, 4.69) is 10.6 Å². The van der Waals surface area contributed by atoms with Gasteiger partial charge >= 0.3 is 0 Å². The van der Waals surface area contributed by atoms with Gasteiger partial charge in [0.1, 0.15) is 0 Å². The first-order valence-corrected chi connectivity index (χ1v) is 9.46. The lowest BCUT2D eigenvalue weighted by Crippen LogP contribution is -2.40. The van der Waals surface area contributed by atoms with Crippen molar-refractivity contribution in [2.45, 2.75) is 12.5 Å². The highest BCUT2D eigenvalue weighted by atomic mass is 32.2. The Hall–Kier alpha value is -1.57. The van der Waals surface area contributed by atoms with Gasteiger partial charge in [-0.15, -0.1) is 0 Å². The molecule has 6 nitrogen and oxygen atoms in total. The van der Waals surface area contributed by atoms with Crippen molar-refractivity contribution in [1.29, 1.82) is 0 Å². The van der Waals surface area contributed by atoms with Gasteiger partial charge in [-0.2, -0.15) is 11.8 Å². The van der Waals surface area contributed by atoms with Crippen molar-refractivity contribution in [2.24, 2.45) is 0 Å². The number of hydrogen-bond donors (Lipinski definition) is 2. The van der Waals surface area contributed by atoms with E-state index in [1.165, 1.54) is 0 Å². The smallest absolute Gasteiger partial charge is 0.254 e. The Morgan fingerprint density at radius 3 is 2.67 bits per heavy atom. The van der Waals surface area contributed by atoms with Crippen LogP contribution in [0.1, 0.15) is 16.8 Å². The minimum atomic E-state index is 0.00209. The van der Waals surface area contributed by atoms with Gasteiger partial charge in [-0.3, -0.25) is 9.59 Å². The molecule has 3 rings (SSSR count). The van der Waals surface area contributed by atoms with Crippen LogP contribution in [-0.4, -0.2) is 67.1 Å². The molecule has 0 aliphatic carbocycles. The minimum absolute atomic E-state index is 0.00209. The molecule has 130 valence electrons. The molecule has 2 amide bonds. The van der Waals surface area contributed by atoms with Crippen molar-refractivity contribution >= 4 is 29.3 Å². The monoisotopic (exact) mass is 349 g/mol. The van der Waals surface area contributed by atoms with Crippen LogP contribution in [0, 0.1) is 0 Å². The van der Waals surface area contributed by atoms with Gasteiger partial charge in [-0.25, -0.2) is 0 Å². The van der Waals surface area contributed by atoms with Crippen LogP contribution in [0.15, 0.2) is 24.3 Å². The average Bonchev–Trinajstić information content (AvgIpc) is 2.63. The number of morpholine rings is 1. The van der Waals surface area contributed by atoms with Crippen LogP contribution in [0.3, 0.4) is 0 Å². The molecule has 1 aromatic carbocycles. The molecule has 0 radical (unpaired) electrons. The average molecular weight is 349 g/mol. The summed E-state index contributed by atoms with van der Waals surface area (Å²) < 4.78 is 5.26. The number of carbonyl (C=O) groups is 2. The van der Waals surface area contributed by atoms with Gasteiger partial charge in [0.2, 0.25) is 5.91 Å². The number of hydrogen-bond acceptors (Lipinski definition) is 5. The zero-order chi connectivity index (χ0) is 16.8. The van der Waals surface area contributed by atoms with Gasteiger partial charge in [0.15, 0.2) is 0 Å². The summed E-state index contributed by atoms with van der Waals surface area (Å²) in [4.78, 5) is 26.3. The Morgan fingerprint density at radius 1 is 1.25 bits per heavy atom. The summed E-state index contributed by atoms with van der Waals surface area (Å²) in [5.74, 6) is 2.10. The lowest BCUT2D eigenvalue weighted by molar-refractivity contribution is -0.116. The molecule has 2 aliphatic heterocycles. The van der Waals surface area contributed by atoms with Gasteiger partial charge in [0.05, 0.1) is 13.2 Å². The molecule has 1 aromatic rings. The summed E-state index contributed by atoms with van der Waals surface area (Å²) in [5, 5.41) is 6.26. The number of carbonyl (C=O) groups excluding carboxylic acids is 2. The largest absolute Gasteiger partial charge is 0.378 e. The van der Waals surface area contributed by atoms with Crippen LogP contribution in [-0.2, 0) is 9.53 Å². The zero-order valence-corrected chi connectivity index (χ0v) is 14.4. The third kappa shape index (κ3) is 4.72. The molecule has 2 heterocycles. The molecule has 0 aromatic heterocycles. The van der Waals surface area contributed by atoms with E-state index in [-0.39, 0.29) is 17.9 Å². The van der Waals surface area contributed by atoms with Crippen LogP contribution >= 0.6 is 11.8 Å². The molecule has 2 fully saturated rings. The van der Waals surface area contributed by atoms with E-state index in [0.717, 1.165) is 23.7 Å². The molecule has 2 aliphatic rings. The summed E-state index contributed by atoms with van der Waals surface area (Å²) in [6, 6.07) is 7.35. The van der Waals surface area contributed by atoms with Crippen LogP contribution < -0.4 is 10.6 Å². The molecule has 0 spiro atoms. The Labute approximate surface area is 146 Å². The van der Waals surface area contributed by atoms with Crippen molar-refractivity contribution in [3.63, 3.8) is 0 Å². The molecule has 7 heteroatoms. The third-order valence-electron chi connectivity index (χ3n) is 4.14. The van der Waals surface area contributed by atoms with Gasteiger partial charge in [-0.1, -0.05) is 0 Å². The lowest BCUT2D eigenvalue weighted by atomic mass is 10.1.